The van der Waals surface area contributed by atoms with Gasteiger partial charge >= 0.3 is 0 Å². The maximum absolute atomic E-state index is 13.2. The van der Waals surface area contributed by atoms with E-state index in [4.69, 9.17) is 14.5 Å². The molecule has 1 N–H and O–H groups in total. The van der Waals surface area contributed by atoms with Crippen molar-refractivity contribution >= 4 is 54.4 Å². The lowest BCUT2D eigenvalue weighted by atomic mass is 10.0. The van der Waals surface area contributed by atoms with Crippen molar-refractivity contribution < 1.29 is 14.3 Å². The zero-order chi connectivity index (χ0) is 20.7. The number of hydrogen-bond acceptors (Lipinski definition) is 4. The number of anilines is 1. The SMILES string of the molecule is O=C(Nc1ccc(Br)cc1Br)c1cc(-c2ccc3c(c2)OCO3)nc2ccccc12. The predicted molar refractivity (Wildman–Crippen MR) is 123 cm³/mol. The zero-order valence-electron chi connectivity index (χ0n) is 15.5. The number of ether oxygens (including phenoxy) is 2. The number of nitrogens with zero attached hydrogens (tertiary/aromatic N) is 1. The average Bonchev–Trinajstić information content (AvgIpc) is 3.22. The summed E-state index contributed by atoms with van der Waals surface area (Å²) in [5.74, 6) is 1.17. The third-order valence-corrected chi connectivity index (χ3v) is 5.96. The Hall–Kier alpha value is -2.90. The number of halogens is 2. The van der Waals surface area contributed by atoms with E-state index in [2.05, 4.69) is 37.2 Å². The van der Waals surface area contributed by atoms with Gasteiger partial charge in [-0.3, -0.25) is 4.79 Å². The van der Waals surface area contributed by atoms with Gasteiger partial charge in [-0.2, -0.15) is 0 Å². The first kappa shape index (κ1) is 19.1. The van der Waals surface area contributed by atoms with Crippen LogP contribution in [0.3, 0.4) is 0 Å². The highest BCUT2D eigenvalue weighted by atomic mass is 79.9. The van der Waals surface area contributed by atoms with Crippen molar-refractivity contribution in [3.8, 4) is 22.8 Å². The minimum absolute atomic E-state index is 0.208. The van der Waals surface area contributed by atoms with Crippen molar-refractivity contribution in [2.45, 2.75) is 0 Å². The lowest BCUT2D eigenvalue weighted by molar-refractivity contribution is 0.102. The van der Waals surface area contributed by atoms with Crippen LogP contribution in [-0.2, 0) is 0 Å². The standard InChI is InChI=1S/C23H14Br2N2O3/c24-14-6-7-19(17(25)10-14)27-23(28)16-11-20(26-18-4-2-1-3-15(16)18)13-5-8-21-22(9-13)30-12-29-21/h1-11H,12H2,(H,27,28). The first-order valence-corrected chi connectivity index (χ1v) is 10.7. The molecule has 0 atom stereocenters. The molecule has 5 nitrogen and oxygen atoms in total. The molecule has 0 radical (unpaired) electrons. The minimum Gasteiger partial charge on any atom is -0.454 e. The predicted octanol–water partition coefficient (Wildman–Crippen LogP) is 6.41. The van der Waals surface area contributed by atoms with Gasteiger partial charge in [0.2, 0.25) is 6.79 Å². The Morgan fingerprint density at radius 1 is 0.933 bits per heavy atom. The molecule has 148 valence electrons. The highest BCUT2D eigenvalue weighted by Gasteiger charge is 2.18. The summed E-state index contributed by atoms with van der Waals surface area (Å²) in [4.78, 5) is 18.0. The lowest BCUT2D eigenvalue weighted by Gasteiger charge is -2.12. The topological polar surface area (TPSA) is 60.5 Å². The number of carbonyl (C=O) groups excluding carboxylic acids is 1. The van der Waals surface area contributed by atoms with Gasteiger partial charge in [-0.1, -0.05) is 34.1 Å². The fraction of sp³-hybridized carbons (Fsp3) is 0.0435. The van der Waals surface area contributed by atoms with Crippen LogP contribution < -0.4 is 14.8 Å². The number of carbonyl (C=O) groups is 1. The maximum atomic E-state index is 13.2. The number of hydrogen-bond donors (Lipinski definition) is 1. The van der Waals surface area contributed by atoms with E-state index in [-0.39, 0.29) is 12.7 Å². The Bertz CT molecular complexity index is 1310. The van der Waals surface area contributed by atoms with Crippen LogP contribution in [0, 0.1) is 0 Å². The van der Waals surface area contributed by atoms with Crippen LogP contribution in [0.2, 0.25) is 0 Å². The third-order valence-electron chi connectivity index (χ3n) is 4.81. The number of nitrogens with one attached hydrogen (secondary N) is 1. The average molecular weight is 526 g/mol. The highest BCUT2D eigenvalue weighted by molar-refractivity contribution is 9.11. The molecule has 5 rings (SSSR count). The molecule has 1 aliphatic heterocycles. The van der Waals surface area contributed by atoms with Gasteiger partial charge in [-0.25, -0.2) is 4.98 Å². The van der Waals surface area contributed by atoms with Gasteiger partial charge in [0.25, 0.3) is 5.91 Å². The molecule has 4 aromatic rings. The summed E-state index contributed by atoms with van der Waals surface area (Å²) in [6.07, 6.45) is 0. The Balaban J connectivity index is 1.59. The molecule has 30 heavy (non-hydrogen) atoms. The quantitative estimate of drug-likeness (QED) is 0.336. The van der Waals surface area contributed by atoms with Crippen molar-refractivity contribution in [3.05, 3.63) is 81.2 Å². The summed E-state index contributed by atoms with van der Waals surface area (Å²) in [5.41, 5.74) is 3.51. The molecule has 0 bridgehead atoms. The normalized spacial score (nSPS) is 12.2. The van der Waals surface area contributed by atoms with E-state index in [9.17, 15) is 4.79 Å². The summed E-state index contributed by atoms with van der Waals surface area (Å²) in [7, 11) is 0. The van der Waals surface area contributed by atoms with E-state index >= 15 is 0 Å². The van der Waals surface area contributed by atoms with Crippen LogP contribution in [0.15, 0.2) is 75.7 Å². The summed E-state index contributed by atoms with van der Waals surface area (Å²) in [5, 5.41) is 3.77. The van der Waals surface area contributed by atoms with Gasteiger partial charge in [0.05, 0.1) is 22.5 Å². The molecule has 3 aromatic carbocycles. The van der Waals surface area contributed by atoms with Gasteiger partial charge < -0.3 is 14.8 Å². The summed E-state index contributed by atoms with van der Waals surface area (Å²) in [6.45, 7) is 0.208. The summed E-state index contributed by atoms with van der Waals surface area (Å²) in [6, 6.07) is 20.7. The van der Waals surface area contributed by atoms with E-state index in [1.807, 2.05) is 66.7 Å². The number of pyridine rings is 1. The zero-order valence-corrected chi connectivity index (χ0v) is 18.7. The second-order valence-corrected chi connectivity index (χ2v) is 8.49. The number of aromatic nitrogens is 1. The molecule has 0 spiro atoms. The van der Waals surface area contributed by atoms with Crippen LogP contribution in [0.5, 0.6) is 11.5 Å². The van der Waals surface area contributed by atoms with E-state index < -0.39 is 0 Å². The third kappa shape index (κ3) is 3.55. The molecule has 0 aliphatic carbocycles. The summed E-state index contributed by atoms with van der Waals surface area (Å²) >= 11 is 6.92. The molecule has 0 unspecified atom stereocenters. The van der Waals surface area contributed by atoms with Crippen LogP contribution >= 0.6 is 31.9 Å². The van der Waals surface area contributed by atoms with Crippen molar-refractivity contribution in [1.29, 1.82) is 0 Å². The fourth-order valence-corrected chi connectivity index (χ4v) is 4.49. The molecule has 0 fully saturated rings. The van der Waals surface area contributed by atoms with E-state index in [0.29, 0.717) is 28.4 Å². The number of para-hydroxylation sites is 1. The number of amides is 1. The molecular formula is C23H14Br2N2O3. The van der Waals surface area contributed by atoms with E-state index in [0.717, 1.165) is 25.4 Å². The molecule has 7 heteroatoms. The van der Waals surface area contributed by atoms with Gasteiger partial charge in [-0.05, 0) is 64.5 Å². The Morgan fingerprint density at radius 3 is 2.63 bits per heavy atom. The molecule has 1 aromatic heterocycles. The molecule has 1 aliphatic rings. The van der Waals surface area contributed by atoms with E-state index in [1.54, 1.807) is 0 Å². The number of fused-ring (bicyclic) bond motifs is 2. The Labute approximate surface area is 189 Å². The van der Waals surface area contributed by atoms with Crippen LogP contribution in [-0.4, -0.2) is 17.7 Å². The van der Waals surface area contributed by atoms with Gasteiger partial charge in [-0.15, -0.1) is 0 Å². The molecule has 0 saturated heterocycles. The van der Waals surface area contributed by atoms with Crippen molar-refractivity contribution in [3.63, 3.8) is 0 Å². The van der Waals surface area contributed by atoms with Crippen LogP contribution in [0.1, 0.15) is 10.4 Å². The largest absolute Gasteiger partial charge is 0.454 e. The second-order valence-electron chi connectivity index (χ2n) is 6.72. The maximum Gasteiger partial charge on any atom is 0.256 e. The number of benzene rings is 3. The molecule has 2 heterocycles. The summed E-state index contributed by atoms with van der Waals surface area (Å²) < 4.78 is 12.6. The Morgan fingerprint density at radius 2 is 1.77 bits per heavy atom. The van der Waals surface area contributed by atoms with Gasteiger partial charge in [0.1, 0.15) is 0 Å². The minimum atomic E-state index is -0.210. The van der Waals surface area contributed by atoms with E-state index in [1.165, 1.54) is 0 Å². The first-order chi connectivity index (χ1) is 14.6. The second kappa shape index (κ2) is 7.74. The van der Waals surface area contributed by atoms with Crippen molar-refractivity contribution in [1.82, 2.24) is 4.98 Å². The van der Waals surface area contributed by atoms with Gasteiger partial charge in [0, 0.05) is 19.9 Å². The molecular weight excluding hydrogens is 512 g/mol. The molecule has 0 saturated carbocycles. The first-order valence-electron chi connectivity index (χ1n) is 9.15. The number of rotatable bonds is 3. The van der Waals surface area contributed by atoms with Crippen molar-refractivity contribution in [2.24, 2.45) is 0 Å². The van der Waals surface area contributed by atoms with Crippen LogP contribution in [0.4, 0.5) is 5.69 Å². The van der Waals surface area contributed by atoms with Gasteiger partial charge in [0.15, 0.2) is 11.5 Å². The van der Waals surface area contributed by atoms with Crippen LogP contribution in [0.25, 0.3) is 22.2 Å². The smallest absolute Gasteiger partial charge is 0.256 e. The Kier molecular flexibility index (Phi) is 4.92. The monoisotopic (exact) mass is 524 g/mol. The highest BCUT2D eigenvalue weighted by Crippen LogP contribution is 2.36. The lowest BCUT2D eigenvalue weighted by Crippen LogP contribution is -2.13. The molecule has 1 amide bonds. The van der Waals surface area contributed by atoms with Crippen molar-refractivity contribution in [2.75, 3.05) is 12.1 Å². The fourth-order valence-electron chi connectivity index (χ4n) is 3.35.